The number of nitrogens with two attached hydrogens (primary N) is 1. The van der Waals surface area contributed by atoms with E-state index in [1.807, 2.05) is 0 Å². The minimum absolute atomic E-state index is 0.00173. The third-order valence-corrected chi connectivity index (χ3v) is 5.49. The van der Waals surface area contributed by atoms with Crippen LogP contribution >= 0.6 is 0 Å². The first-order chi connectivity index (χ1) is 16.3. The van der Waals surface area contributed by atoms with Crippen LogP contribution in [0, 0.1) is 11.6 Å². The fraction of sp³-hybridized carbons (Fsp3) is 0.174. The number of carbonyl (C=O) groups is 2. The van der Waals surface area contributed by atoms with E-state index in [1.165, 1.54) is 17.2 Å². The zero-order valence-electron chi connectivity index (χ0n) is 18.1. The number of aromatic nitrogens is 1. The van der Waals surface area contributed by atoms with Crippen molar-refractivity contribution in [1.82, 2.24) is 14.8 Å². The van der Waals surface area contributed by atoms with Crippen molar-refractivity contribution < 1.29 is 18.4 Å². The maximum absolute atomic E-state index is 14.1. The molecule has 174 valence electrons. The highest BCUT2D eigenvalue weighted by atomic mass is 19.1. The molecule has 34 heavy (non-hydrogen) atoms. The fourth-order valence-electron chi connectivity index (χ4n) is 3.54. The first kappa shape index (κ1) is 22.8. The summed E-state index contributed by atoms with van der Waals surface area (Å²) >= 11 is 0. The molecule has 2 amide bonds. The van der Waals surface area contributed by atoms with Gasteiger partial charge >= 0.3 is 0 Å². The number of fused-ring (bicyclic) bond motifs is 1. The second kappa shape index (κ2) is 9.22. The number of benzene rings is 2. The standard InChI is InChI=1S/C23H20F2N6O3/c1-30-6-7-31(12-21(30)32)23(34)13-2-4-15(5-3-13)27-11-20(29-26)17-10-16-18(25)8-14(24)9-19(16)28-22(17)33/h2-5,8-11H,6-7,12,26H2,1H3,(H,28,33). The molecule has 4 rings (SSSR count). The zero-order chi connectivity index (χ0) is 24.4. The number of pyridine rings is 1. The van der Waals surface area contributed by atoms with E-state index in [0.29, 0.717) is 30.4 Å². The molecule has 3 aromatic rings. The molecule has 0 saturated carbocycles. The van der Waals surface area contributed by atoms with E-state index in [9.17, 15) is 23.2 Å². The SMILES string of the molecule is CN1CCN(C(=O)c2ccc(N=CC(=NN)c3cc4c(F)cc(F)cc4[nH]c3=O)cc2)CC1=O. The Morgan fingerprint density at radius 2 is 1.85 bits per heavy atom. The van der Waals surface area contributed by atoms with Crippen molar-refractivity contribution in [1.29, 1.82) is 0 Å². The molecule has 1 aliphatic heterocycles. The van der Waals surface area contributed by atoms with E-state index < -0.39 is 17.2 Å². The van der Waals surface area contributed by atoms with Crippen LogP contribution in [0.2, 0.25) is 0 Å². The van der Waals surface area contributed by atoms with Crippen LogP contribution in [0.3, 0.4) is 0 Å². The summed E-state index contributed by atoms with van der Waals surface area (Å²) in [6.07, 6.45) is 1.23. The highest BCUT2D eigenvalue weighted by molar-refractivity contribution is 6.38. The molecule has 1 aromatic heterocycles. The second-order valence-electron chi connectivity index (χ2n) is 7.72. The van der Waals surface area contributed by atoms with Gasteiger partial charge in [0.1, 0.15) is 23.9 Å². The summed E-state index contributed by atoms with van der Waals surface area (Å²) < 4.78 is 27.5. The van der Waals surface area contributed by atoms with Gasteiger partial charge in [-0.3, -0.25) is 19.4 Å². The van der Waals surface area contributed by atoms with Gasteiger partial charge in [-0.05, 0) is 36.4 Å². The Balaban J connectivity index is 1.54. The molecule has 11 heteroatoms. The van der Waals surface area contributed by atoms with Crippen LogP contribution in [-0.2, 0) is 4.79 Å². The highest BCUT2D eigenvalue weighted by Crippen LogP contribution is 2.18. The Labute approximate surface area is 192 Å². The average Bonchev–Trinajstić information content (AvgIpc) is 2.81. The summed E-state index contributed by atoms with van der Waals surface area (Å²) in [6.45, 7) is 0.949. The molecule has 3 N–H and O–H groups in total. The van der Waals surface area contributed by atoms with E-state index in [2.05, 4.69) is 15.1 Å². The summed E-state index contributed by atoms with van der Waals surface area (Å²) in [5, 5.41) is 3.56. The fourth-order valence-corrected chi connectivity index (χ4v) is 3.54. The molecule has 9 nitrogen and oxygen atoms in total. The molecule has 0 bridgehead atoms. The monoisotopic (exact) mass is 466 g/mol. The molecule has 1 saturated heterocycles. The Hall–Kier alpha value is -4.41. The number of hydrazone groups is 1. The maximum Gasteiger partial charge on any atom is 0.258 e. The van der Waals surface area contributed by atoms with E-state index in [1.54, 1.807) is 36.2 Å². The van der Waals surface area contributed by atoms with Crippen molar-refractivity contribution in [3.63, 3.8) is 0 Å². The topological polar surface area (TPSA) is 124 Å². The molecular formula is C23H20F2N6O3. The number of aliphatic imine (C=N–C) groups is 1. The van der Waals surface area contributed by atoms with Gasteiger partial charge in [-0.2, -0.15) is 5.10 Å². The summed E-state index contributed by atoms with van der Waals surface area (Å²) in [5.74, 6) is 3.38. The second-order valence-corrected chi connectivity index (χ2v) is 7.72. The van der Waals surface area contributed by atoms with Crippen LogP contribution in [0.1, 0.15) is 15.9 Å². The molecule has 2 heterocycles. The lowest BCUT2D eigenvalue weighted by molar-refractivity contribution is -0.133. The molecule has 0 spiro atoms. The number of H-pyrrole nitrogens is 1. The molecule has 0 aliphatic carbocycles. The molecule has 1 aliphatic rings. The van der Waals surface area contributed by atoms with Crippen molar-refractivity contribution >= 4 is 40.3 Å². The Morgan fingerprint density at radius 1 is 1.12 bits per heavy atom. The van der Waals surface area contributed by atoms with Crippen LogP contribution in [0.4, 0.5) is 14.5 Å². The predicted molar refractivity (Wildman–Crippen MR) is 123 cm³/mol. The first-order valence-corrected chi connectivity index (χ1v) is 10.2. The smallest absolute Gasteiger partial charge is 0.258 e. The van der Waals surface area contributed by atoms with Crippen molar-refractivity contribution in [2.45, 2.75) is 0 Å². The number of hydrogen-bond acceptors (Lipinski definition) is 6. The van der Waals surface area contributed by atoms with Crippen molar-refractivity contribution in [3.05, 3.63) is 75.6 Å². The number of rotatable bonds is 4. The lowest BCUT2D eigenvalue weighted by Gasteiger charge is -2.32. The Kier molecular flexibility index (Phi) is 6.17. The van der Waals surface area contributed by atoms with E-state index in [4.69, 9.17) is 5.84 Å². The molecule has 1 fully saturated rings. The first-order valence-electron chi connectivity index (χ1n) is 10.2. The van der Waals surface area contributed by atoms with Crippen molar-refractivity contribution in [2.75, 3.05) is 26.7 Å². The summed E-state index contributed by atoms with van der Waals surface area (Å²) in [4.78, 5) is 46.6. The maximum atomic E-state index is 14.1. The minimum Gasteiger partial charge on any atom is -0.342 e. The number of nitrogens with one attached hydrogen (secondary N) is 1. The minimum atomic E-state index is -0.844. The van der Waals surface area contributed by atoms with E-state index >= 15 is 0 Å². The van der Waals surface area contributed by atoms with Crippen LogP contribution < -0.4 is 11.4 Å². The number of nitrogens with zero attached hydrogens (tertiary/aromatic N) is 4. The highest BCUT2D eigenvalue weighted by Gasteiger charge is 2.25. The summed E-state index contributed by atoms with van der Waals surface area (Å²) in [5.41, 5.74) is 0.131. The van der Waals surface area contributed by atoms with Gasteiger partial charge in [0.2, 0.25) is 5.91 Å². The lowest BCUT2D eigenvalue weighted by atomic mass is 10.1. The zero-order valence-corrected chi connectivity index (χ0v) is 18.1. The largest absolute Gasteiger partial charge is 0.342 e. The average molecular weight is 466 g/mol. The van der Waals surface area contributed by atoms with Gasteiger partial charge in [0, 0.05) is 37.2 Å². The van der Waals surface area contributed by atoms with Gasteiger partial charge in [-0.25, -0.2) is 8.78 Å². The van der Waals surface area contributed by atoms with Gasteiger partial charge < -0.3 is 20.6 Å². The van der Waals surface area contributed by atoms with Crippen LogP contribution in [0.5, 0.6) is 0 Å². The van der Waals surface area contributed by atoms with Gasteiger partial charge in [-0.15, -0.1) is 0 Å². The number of piperazine rings is 1. The predicted octanol–water partition coefficient (Wildman–Crippen LogP) is 1.79. The van der Waals surface area contributed by atoms with Crippen LogP contribution in [-0.4, -0.2) is 65.2 Å². The normalized spacial score (nSPS) is 14.9. The summed E-state index contributed by atoms with van der Waals surface area (Å²) in [6, 6.07) is 9.26. The van der Waals surface area contributed by atoms with Crippen molar-refractivity contribution in [2.24, 2.45) is 15.9 Å². The molecule has 0 atom stereocenters. The number of hydrogen-bond donors (Lipinski definition) is 2. The summed E-state index contributed by atoms with van der Waals surface area (Å²) in [7, 11) is 1.69. The number of aromatic amines is 1. The van der Waals surface area contributed by atoms with Crippen molar-refractivity contribution in [3.8, 4) is 0 Å². The third-order valence-electron chi connectivity index (χ3n) is 5.49. The van der Waals surface area contributed by atoms with Gasteiger partial charge in [0.15, 0.2) is 0 Å². The van der Waals surface area contributed by atoms with Gasteiger partial charge in [0.05, 0.1) is 23.0 Å². The number of likely N-dealkylation sites (N-methyl/N-ethyl adjacent to an activating group) is 1. The van der Waals surface area contributed by atoms with E-state index in [-0.39, 0.29) is 40.5 Å². The number of halogens is 2. The quantitative estimate of drug-likeness (QED) is 0.346. The molecule has 0 radical (unpaired) electrons. The number of amides is 2. The van der Waals surface area contributed by atoms with E-state index in [0.717, 1.165) is 6.07 Å². The van der Waals surface area contributed by atoms with Crippen LogP contribution in [0.15, 0.2) is 57.4 Å². The van der Waals surface area contributed by atoms with Crippen LogP contribution in [0.25, 0.3) is 10.9 Å². The lowest BCUT2D eigenvalue weighted by Crippen LogP contribution is -2.50. The molecular weight excluding hydrogens is 446 g/mol. The molecule has 2 aromatic carbocycles. The number of carbonyl (C=O) groups excluding carboxylic acids is 2. The Morgan fingerprint density at radius 3 is 2.53 bits per heavy atom. The van der Waals surface area contributed by atoms with Gasteiger partial charge in [-0.1, -0.05) is 0 Å². The molecule has 0 unspecified atom stereocenters. The van der Waals surface area contributed by atoms with Gasteiger partial charge in [0.25, 0.3) is 11.5 Å². The third kappa shape index (κ3) is 4.53. The Bertz CT molecular complexity index is 1400.